The van der Waals surface area contributed by atoms with Crippen molar-refractivity contribution in [1.82, 2.24) is 0 Å². The van der Waals surface area contributed by atoms with Crippen molar-refractivity contribution in [2.75, 3.05) is 0 Å². The average molecular weight is 210 g/mol. The standard InChI is InChI=1S/C12H18O3/c1-10(9-13)8-12(15-11(2)14)6-4-3-5-7-12/h9H,1,3-8H2,2H3. The van der Waals surface area contributed by atoms with Crippen LogP contribution in [0.15, 0.2) is 12.2 Å². The van der Waals surface area contributed by atoms with E-state index in [9.17, 15) is 9.59 Å². The summed E-state index contributed by atoms with van der Waals surface area (Å²) in [6.45, 7) is 5.08. The van der Waals surface area contributed by atoms with E-state index in [0.29, 0.717) is 12.0 Å². The topological polar surface area (TPSA) is 43.4 Å². The number of carbonyl (C=O) groups is 2. The first-order chi connectivity index (χ1) is 7.08. The lowest BCUT2D eigenvalue weighted by atomic mass is 9.80. The van der Waals surface area contributed by atoms with E-state index in [2.05, 4.69) is 6.58 Å². The van der Waals surface area contributed by atoms with Crippen LogP contribution in [0.3, 0.4) is 0 Å². The average Bonchev–Trinajstić information content (AvgIpc) is 2.17. The highest BCUT2D eigenvalue weighted by atomic mass is 16.6. The molecule has 0 bridgehead atoms. The summed E-state index contributed by atoms with van der Waals surface area (Å²) in [5.41, 5.74) is 0.0559. The summed E-state index contributed by atoms with van der Waals surface area (Å²) < 4.78 is 5.39. The zero-order valence-electron chi connectivity index (χ0n) is 9.25. The molecule has 0 N–H and O–H groups in total. The molecule has 1 saturated carbocycles. The van der Waals surface area contributed by atoms with E-state index < -0.39 is 5.60 Å². The normalized spacial score (nSPS) is 19.3. The van der Waals surface area contributed by atoms with E-state index >= 15 is 0 Å². The van der Waals surface area contributed by atoms with Gasteiger partial charge in [0, 0.05) is 13.3 Å². The summed E-state index contributed by atoms with van der Waals surface area (Å²) >= 11 is 0. The predicted octanol–water partition coefficient (Wildman–Crippen LogP) is 2.40. The molecule has 0 amide bonds. The Labute approximate surface area is 90.5 Å². The van der Waals surface area contributed by atoms with Gasteiger partial charge in [0.15, 0.2) is 0 Å². The van der Waals surface area contributed by atoms with Crippen LogP contribution in [0.1, 0.15) is 45.4 Å². The molecule has 0 aromatic heterocycles. The Morgan fingerprint density at radius 2 is 2.00 bits per heavy atom. The molecule has 0 atom stereocenters. The summed E-state index contributed by atoms with van der Waals surface area (Å²) in [5.74, 6) is -0.268. The van der Waals surface area contributed by atoms with Crippen LogP contribution in [0.2, 0.25) is 0 Å². The van der Waals surface area contributed by atoms with Crippen LogP contribution in [0, 0.1) is 0 Å². The second-order valence-electron chi connectivity index (χ2n) is 4.29. The fourth-order valence-corrected chi connectivity index (χ4v) is 2.27. The lowest BCUT2D eigenvalue weighted by Gasteiger charge is -2.36. The molecule has 0 saturated heterocycles. The van der Waals surface area contributed by atoms with Gasteiger partial charge in [0.25, 0.3) is 0 Å². The zero-order chi connectivity index (χ0) is 11.3. The molecule has 84 valence electrons. The predicted molar refractivity (Wildman–Crippen MR) is 57.4 cm³/mol. The van der Waals surface area contributed by atoms with Crippen LogP contribution in [-0.2, 0) is 14.3 Å². The largest absolute Gasteiger partial charge is 0.459 e. The number of carbonyl (C=O) groups excluding carboxylic acids is 2. The maximum atomic E-state index is 11.0. The minimum Gasteiger partial charge on any atom is -0.459 e. The van der Waals surface area contributed by atoms with Gasteiger partial charge in [-0.15, -0.1) is 0 Å². The van der Waals surface area contributed by atoms with Crippen molar-refractivity contribution in [2.24, 2.45) is 0 Å². The van der Waals surface area contributed by atoms with Crippen LogP contribution in [-0.4, -0.2) is 17.9 Å². The van der Waals surface area contributed by atoms with E-state index in [1.54, 1.807) is 0 Å². The molecule has 1 rings (SSSR count). The maximum absolute atomic E-state index is 11.0. The zero-order valence-corrected chi connectivity index (χ0v) is 9.25. The monoisotopic (exact) mass is 210 g/mol. The molecule has 1 aliphatic rings. The van der Waals surface area contributed by atoms with Gasteiger partial charge in [0.1, 0.15) is 11.9 Å². The Morgan fingerprint density at radius 3 is 2.47 bits per heavy atom. The van der Waals surface area contributed by atoms with Gasteiger partial charge >= 0.3 is 5.97 Å². The molecule has 3 heteroatoms. The molecular formula is C12H18O3. The van der Waals surface area contributed by atoms with Crippen LogP contribution >= 0.6 is 0 Å². The molecule has 3 nitrogen and oxygen atoms in total. The Morgan fingerprint density at radius 1 is 1.40 bits per heavy atom. The van der Waals surface area contributed by atoms with Gasteiger partial charge in [-0.05, 0) is 31.3 Å². The van der Waals surface area contributed by atoms with Crippen molar-refractivity contribution in [3.63, 3.8) is 0 Å². The van der Waals surface area contributed by atoms with E-state index in [4.69, 9.17) is 4.74 Å². The number of aldehydes is 1. The van der Waals surface area contributed by atoms with Gasteiger partial charge in [0.2, 0.25) is 0 Å². The Kier molecular flexibility index (Phi) is 4.06. The van der Waals surface area contributed by atoms with Crippen molar-refractivity contribution >= 4 is 12.3 Å². The third-order valence-corrected chi connectivity index (χ3v) is 2.84. The second kappa shape index (κ2) is 5.10. The molecule has 0 unspecified atom stereocenters. The minimum atomic E-state index is -0.456. The van der Waals surface area contributed by atoms with Crippen molar-refractivity contribution < 1.29 is 14.3 Å². The lowest BCUT2D eigenvalue weighted by molar-refractivity contribution is -0.160. The summed E-state index contributed by atoms with van der Waals surface area (Å²) in [7, 11) is 0. The number of ether oxygens (including phenoxy) is 1. The Bertz CT molecular complexity index is 262. The fraction of sp³-hybridized carbons (Fsp3) is 0.667. The number of hydrogen-bond donors (Lipinski definition) is 0. The van der Waals surface area contributed by atoms with E-state index in [-0.39, 0.29) is 5.97 Å². The second-order valence-corrected chi connectivity index (χ2v) is 4.29. The molecular weight excluding hydrogens is 192 g/mol. The van der Waals surface area contributed by atoms with Gasteiger partial charge in [-0.1, -0.05) is 13.0 Å². The highest BCUT2D eigenvalue weighted by Gasteiger charge is 2.35. The Balaban J connectivity index is 2.69. The smallest absolute Gasteiger partial charge is 0.303 e. The van der Waals surface area contributed by atoms with Gasteiger partial charge in [0.05, 0.1) is 0 Å². The van der Waals surface area contributed by atoms with E-state index in [1.807, 2.05) is 0 Å². The van der Waals surface area contributed by atoms with Crippen molar-refractivity contribution in [3.05, 3.63) is 12.2 Å². The van der Waals surface area contributed by atoms with E-state index in [0.717, 1.165) is 32.0 Å². The molecule has 0 heterocycles. The Hall–Kier alpha value is -1.12. The summed E-state index contributed by atoms with van der Waals surface area (Å²) in [5, 5.41) is 0. The van der Waals surface area contributed by atoms with Gasteiger partial charge in [-0.25, -0.2) is 0 Å². The molecule has 0 aromatic carbocycles. The summed E-state index contributed by atoms with van der Waals surface area (Å²) in [6.07, 6.45) is 6.21. The first-order valence-corrected chi connectivity index (χ1v) is 5.40. The highest BCUT2D eigenvalue weighted by Crippen LogP contribution is 2.36. The van der Waals surface area contributed by atoms with Gasteiger partial charge in [-0.2, -0.15) is 0 Å². The molecule has 0 aliphatic heterocycles. The quantitative estimate of drug-likeness (QED) is 0.406. The maximum Gasteiger partial charge on any atom is 0.303 e. The number of hydrogen-bond acceptors (Lipinski definition) is 3. The molecule has 0 spiro atoms. The van der Waals surface area contributed by atoms with Gasteiger partial charge in [-0.3, -0.25) is 9.59 Å². The van der Waals surface area contributed by atoms with Gasteiger partial charge < -0.3 is 4.74 Å². The third kappa shape index (κ3) is 3.50. The van der Waals surface area contributed by atoms with Crippen LogP contribution in [0.25, 0.3) is 0 Å². The number of esters is 1. The number of rotatable bonds is 4. The molecule has 0 radical (unpaired) electrons. The first-order valence-electron chi connectivity index (χ1n) is 5.40. The van der Waals surface area contributed by atoms with Crippen LogP contribution in [0.5, 0.6) is 0 Å². The third-order valence-electron chi connectivity index (χ3n) is 2.84. The van der Waals surface area contributed by atoms with Crippen LogP contribution in [0.4, 0.5) is 0 Å². The molecule has 1 fully saturated rings. The minimum absolute atomic E-state index is 0.268. The molecule has 1 aliphatic carbocycles. The lowest BCUT2D eigenvalue weighted by Crippen LogP contribution is -2.37. The fourth-order valence-electron chi connectivity index (χ4n) is 2.27. The van der Waals surface area contributed by atoms with Crippen molar-refractivity contribution in [2.45, 2.75) is 51.0 Å². The van der Waals surface area contributed by atoms with E-state index in [1.165, 1.54) is 13.3 Å². The van der Waals surface area contributed by atoms with Crippen molar-refractivity contribution in [3.8, 4) is 0 Å². The summed E-state index contributed by atoms with van der Waals surface area (Å²) in [6, 6.07) is 0. The SMILES string of the molecule is C=C(C=O)CC1(OC(C)=O)CCCCC1. The highest BCUT2D eigenvalue weighted by molar-refractivity contribution is 5.72. The molecule has 0 aromatic rings. The van der Waals surface area contributed by atoms with Crippen LogP contribution < -0.4 is 0 Å². The summed E-state index contributed by atoms with van der Waals surface area (Å²) in [4.78, 5) is 21.6. The molecule has 15 heavy (non-hydrogen) atoms. The first kappa shape index (κ1) is 12.0. The van der Waals surface area contributed by atoms with Crippen molar-refractivity contribution in [1.29, 1.82) is 0 Å².